The number of rotatable bonds is 4. The minimum absolute atomic E-state index is 0.201. The average Bonchev–Trinajstić information content (AvgIpc) is 2.97. The van der Waals surface area contributed by atoms with Gasteiger partial charge in [0.15, 0.2) is 0 Å². The smallest absolute Gasteiger partial charge is 0.123 e. The molecule has 102 valence electrons. The number of hydrogen-bond donors (Lipinski definition) is 1. The normalized spacial score (nSPS) is 26.1. The van der Waals surface area contributed by atoms with Crippen molar-refractivity contribution >= 4 is 6.08 Å². The molecule has 1 aromatic rings. The lowest BCUT2D eigenvalue weighted by Gasteiger charge is -2.27. The Kier molecular flexibility index (Phi) is 3.42. The zero-order valence-corrected chi connectivity index (χ0v) is 11.1. The van der Waals surface area contributed by atoms with Crippen LogP contribution in [-0.4, -0.2) is 34.7 Å². The van der Waals surface area contributed by atoms with Gasteiger partial charge in [-0.1, -0.05) is 24.3 Å². The van der Waals surface area contributed by atoms with Crippen molar-refractivity contribution in [2.75, 3.05) is 13.1 Å². The lowest BCUT2D eigenvalue weighted by molar-refractivity contribution is 0.0569. The monoisotopic (exact) mass is 261 g/mol. The van der Waals surface area contributed by atoms with Gasteiger partial charge in [0.2, 0.25) is 0 Å². The molecule has 1 atom stereocenters. The van der Waals surface area contributed by atoms with Crippen molar-refractivity contribution in [2.45, 2.75) is 37.3 Å². The lowest BCUT2D eigenvalue weighted by Crippen LogP contribution is -2.40. The van der Waals surface area contributed by atoms with Gasteiger partial charge in [-0.05, 0) is 49.9 Å². The molecule has 3 heteroatoms. The highest BCUT2D eigenvalue weighted by Crippen LogP contribution is 2.44. The fourth-order valence-electron chi connectivity index (χ4n) is 3.01. The van der Waals surface area contributed by atoms with E-state index in [4.69, 9.17) is 0 Å². The van der Waals surface area contributed by atoms with E-state index < -0.39 is 5.60 Å². The molecule has 0 amide bonds. The zero-order valence-electron chi connectivity index (χ0n) is 11.1. The Balaban J connectivity index is 1.58. The summed E-state index contributed by atoms with van der Waals surface area (Å²) < 4.78 is 12.8. The van der Waals surface area contributed by atoms with Crippen LogP contribution in [-0.2, 0) is 0 Å². The van der Waals surface area contributed by atoms with Crippen molar-refractivity contribution in [2.24, 2.45) is 0 Å². The van der Waals surface area contributed by atoms with Gasteiger partial charge in [-0.15, -0.1) is 0 Å². The molecule has 1 saturated carbocycles. The molecule has 3 rings (SSSR count). The van der Waals surface area contributed by atoms with Crippen molar-refractivity contribution < 1.29 is 9.50 Å². The van der Waals surface area contributed by atoms with Crippen LogP contribution in [0.3, 0.4) is 0 Å². The fraction of sp³-hybridized carbons (Fsp3) is 0.500. The summed E-state index contributed by atoms with van der Waals surface area (Å²) >= 11 is 0. The standard InChI is InChI=1S/C16H20FNO/c17-14-7-5-13(6-8-14)3-1-11-18-12-2-4-15(18)16(19)9-10-16/h1,3,5-8,15,19H,2,4,9-12H2/b3-1+. The van der Waals surface area contributed by atoms with Crippen LogP contribution in [0.2, 0.25) is 0 Å². The predicted molar refractivity (Wildman–Crippen MR) is 74.2 cm³/mol. The van der Waals surface area contributed by atoms with Gasteiger partial charge in [-0.3, -0.25) is 4.90 Å². The summed E-state index contributed by atoms with van der Waals surface area (Å²) in [5.74, 6) is -0.201. The number of benzene rings is 1. The van der Waals surface area contributed by atoms with Crippen LogP contribution >= 0.6 is 0 Å². The van der Waals surface area contributed by atoms with Gasteiger partial charge >= 0.3 is 0 Å². The number of hydrogen-bond acceptors (Lipinski definition) is 2. The Bertz CT molecular complexity index is 464. The molecule has 1 saturated heterocycles. The summed E-state index contributed by atoms with van der Waals surface area (Å²) in [5, 5.41) is 10.2. The van der Waals surface area contributed by atoms with Crippen molar-refractivity contribution in [1.82, 2.24) is 4.90 Å². The Morgan fingerprint density at radius 2 is 2.05 bits per heavy atom. The molecule has 1 unspecified atom stereocenters. The third-order valence-corrected chi connectivity index (χ3v) is 4.27. The van der Waals surface area contributed by atoms with E-state index in [-0.39, 0.29) is 5.82 Å². The summed E-state index contributed by atoms with van der Waals surface area (Å²) in [6.07, 6.45) is 8.33. The Hall–Kier alpha value is -1.19. The third-order valence-electron chi connectivity index (χ3n) is 4.27. The van der Waals surface area contributed by atoms with Crippen molar-refractivity contribution in [3.05, 3.63) is 41.7 Å². The van der Waals surface area contributed by atoms with E-state index in [9.17, 15) is 9.50 Å². The first-order valence-electron chi connectivity index (χ1n) is 7.06. The van der Waals surface area contributed by atoms with Crippen LogP contribution in [0.25, 0.3) is 6.08 Å². The number of likely N-dealkylation sites (tertiary alicyclic amines) is 1. The molecule has 2 fully saturated rings. The summed E-state index contributed by atoms with van der Waals surface area (Å²) in [6, 6.07) is 6.85. The Labute approximate surface area is 113 Å². The maximum atomic E-state index is 12.8. The van der Waals surface area contributed by atoms with Gasteiger partial charge in [0, 0.05) is 12.6 Å². The average molecular weight is 261 g/mol. The Morgan fingerprint density at radius 1 is 1.32 bits per heavy atom. The van der Waals surface area contributed by atoms with Crippen molar-refractivity contribution in [1.29, 1.82) is 0 Å². The van der Waals surface area contributed by atoms with Crippen LogP contribution in [0.1, 0.15) is 31.2 Å². The van der Waals surface area contributed by atoms with Crippen LogP contribution in [0.5, 0.6) is 0 Å². The maximum absolute atomic E-state index is 12.8. The van der Waals surface area contributed by atoms with E-state index in [1.807, 2.05) is 6.08 Å². The van der Waals surface area contributed by atoms with Gasteiger partial charge in [0.05, 0.1) is 5.60 Å². The molecule has 0 radical (unpaired) electrons. The van der Waals surface area contributed by atoms with E-state index >= 15 is 0 Å². The molecule has 19 heavy (non-hydrogen) atoms. The second-order valence-electron chi connectivity index (χ2n) is 5.71. The zero-order chi connectivity index (χ0) is 13.3. The quantitative estimate of drug-likeness (QED) is 0.901. The molecule has 1 heterocycles. The first-order valence-corrected chi connectivity index (χ1v) is 7.06. The van der Waals surface area contributed by atoms with Gasteiger partial charge in [0.1, 0.15) is 5.82 Å². The topological polar surface area (TPSA) is 23.5 Å². The van der Waals surface area contributed by atoms with Crippen LogP contribution in [0.4, 0.5) is 4.39 Å². The van der Waals surface area contributed by atoms with E-state index in [1.54, 1.807) is 12.1 Å². The highest BCUT2D eigenvalue weighted by atomic mass is 19.1. The maximum Gasteiger partial charge on any atom is 0.123 e. The minimum atomic E-state index is -0.403. The second kappa shape index (κ2) is 5.06. The van der Waals surface area contributed by atoms with E-state index in [0.29, 0.717) is 6.04 Å². The third kappa shape index (κ3) is 2.88. The van der Waals surface area contributed by atoms with E-state index in [2.05, 4.69) is 11.0 Å². The minimum Gasteiger partial charge on any atom is -0.388 e. The van der Waals surface area contributed by atoms with Crippen LogP contribution < -0.4 is 0 Å². The predicted octanol–water partition coefficient (Wildman–Crippen LogP) is 2.83. The van der Waals surface area contributed by atoms with E-state index in [0.717, 1.165) is 37.9 Å². The molecule has 1 aliphatic heterocycles. The molecule has 1 N–H and O–H groups in total. The molecular weight excluding hydrogens is 241 g/mol. The second-order valence-corrected chi connectivity index (χ2v) is 5.71. The molecule has 0 aromatic heterocycles. The number of halogens is 1. The summed E-state index contributed by atoms with van der Waals surface area (Å²) in [5.41, 5.74) is 0.613. The molecule has 1 aromatic carbocycles. The van der Waals surface area contributed by atoms with E-state index in [1.165, 1.54) is 18.6 Å². The summed E-state index contributed by atoms with van der Waals surface area (Å²) in [4.78, 5) is 2.37. The molecule has 1 aliphatic carbocycles. The van der Waals surface area contributed by atoms with Gasteiger partial charge in [0.25, 0.3) is 0 Å². The largest absolute Gasteiger partial charge is 0.388 e. The molecule has 0 bridgehead atoms. The molecule has 0 spiro atoms. The van der Waals surface area contributed by atoms with Gasteiger partial charge in [-0.2, -0.15) is 0 Å². The lowest BCUT2D eigenvalue weighted by atomic mass is 10.1. The fourth-order valence-corrected chi connectivity index (χ4v) is 3.01. The SMILES string of the molecule is OC1(C2CCCN2C/C=C/c2ccc(F)cc2)CC1. The highest BCUT2D eigenvalue weighted by Gasteiger charge is 2.50. The van der Waals surface area contributed by atoms with Gasteiger partial charge < -0.3 is 5.11 Å². The first-order chi connectivity index (χ1) is 9.17. The van der Waals surface area contributed by atoms with Crippen LogP contribution in [0.15, 0.2) is 30.3 Å². The van der Waals surface area contributed by atoms with Crippen LogP contribution in [0, 0.1) is 5.82 Å². The summed E-state index contributed by atoms with van der Waals surface area (Å²) in [7, 11) is 0. The van der Waals surface area contributed by atoms with Crippen molar-refractivity contribution in [3.8, 4) is 0 Å². The van der Waals surface area contributed by atoms with Gasteiger partial charge in [-0.25, -0.2) is 4.39 Å². The molecule has 2 nitrogen and oxygen atoms in total. The molecule has 2 aliphatic rings. The number of aliphatic hydroxyl groups is 1. The van der Waals surface area contributed by atoms with Crippen molar-refractivity contribution in [3.63, 3.8) is 0 Å². The number of nitrogens with zero attached hydrogens (tertiary/aromatic N) is 1. The highest BCUT2D eigenvalue weighted by molar-refractivity contribution is 5.49. The molecular formula is C16H20FNO. The summed E-state index contributed by atoms with van der Waals surface area (Å²) in [6.45, 7) is 1.94. The Morgan fingerprint density at radius 3 is 2.74 bits per heavy atom. The first kappa shape index (κ1) is 12.8.